The van der Waals surface area contributed by atoms with Crippen LogP contribution < -0.4 is 0 Å². The van der Waals surface area contributed by atoms with Gasteiger partial charge < -0.3 is 0 Å². The molecule has 0 N–H and O–H groups in total. The Labute approximate surface area is 260 Å². The molecule has 9 unspecified atom stereocenters. The van der Waals surface area contributed by atoms with Crippen LogP contribution in [0.4, 0.5) is 119 Å². The summed E-state index contributed by atoms with van der Waals surface area (Å²) in [4.78, 5) is 0. The van der Waals surface area contributed by atoms with E-state index in [2.05, 4.69) is 14.2 Å². The number of alkyl halides is 27. The van der Waals surface area contributed by atoms with Gasteiger partial charge in [0, 0.05) is 0 Å². The van der Waals surface area contributed by atoms with Crippen LogP contribution in [-0.2, 0) is 14.2 Å². The Balaban J connectivity index is 7.27. The average molecular weight is 832 g/mol. The van der Waals surface area contributed by atoms with Crippen LogP contribution in [0.3, 0.4) is 0 Å². The topological polar surface area (TPSA) is 27.7 Å². The molecular formula is C19H15F27O3Si. The molecule has 0 radical (unpaired) electrons. The lowest BCUT2D eigenvalue weighted by molar-refractivity contribution is -0.552. The molecule has 50 heavy (non-hydrogen) atoms. The third-order valence-corrected chi connectivity index (χ3v) is 6.23. The van der Waals surface area contributed by atoms with Gasteiger partial charge in [-0.25, -0.2) is 65.9 Å². The number of hydrogen-bond donors (Lipinski definition) is 0. The van der Waals surface area contributed by atoms with Crippen molar-refractivity contribution in [1.82, 2.24) is 0 Å². The average Bonchev–Trinajstić information content (AvgIpc) is 2.95. The van der Waals surface area contributed by atoms with Crippen LogP contribution in [0.15, 0.2) is 0 Å². The maximum atomic E-state index is 14.3. The van der Waals surface area contributed by atoms with Gasteiger partial charge in [0.15, 0.2) is 37.0 Å². The van der Waals surface area contributed by atoms with Gasteiger partial charge in [0.1, 0.15) is 10.2 Å². The summed E-state index contributed by atoms with van der Waals surface area (Å²) >= 11 is 0. The maximum Gasteiger partial charge on any atom is 0.426 e. The molecule has 0 rings (SSSR count). The van der Waals surface area contributed by atoms with E-state index in [1.54, 1.807) is 0 Å². The third-order valence-electron chi connectivity index (χ3n) is 5.62. The summed E-state index contributed by atoms with van der Waals surface area (Å²) in [6.45, 7) is 0. The molecular weight excluding hydrogens is 817 g/mol. The maximum absolute atomic E-state index is 14.3. The Morgan fingerprint density at radius 3 is 0.600 bits per heavy atom. The third kappa shape index (κ3) is 9.99. The Kier molecular flexibility index (Phi) is 15.5. The quantitative estimate of drug-likeness (QED) is 0.0681. The zero-order valence-electron chi connectivity index (χ0n) is 22.9. The summed E-state index contributed by atoms with van der Waals surface area (Å²) in [6, 6.07) is 0. The zero-order chi connectivity index (χ0) is 40.5. The lowest BCUT2D eigenvalue weighted by atomic mass is 10.0. The molecule has 0 aliphatic heterocycles. The van der Waals surface area contributed by atoms with Crippen molar-refractivity contribution in [3.8, 4) is 0 Å². The largest absolute Gasteiger partial charge is 0.426 e. The second-order valence-corrected chi connectivity index (χ2v) is 10.7. The van der Waals surface area contributed by atoms with Crippen molar-refractivity contribution in [1.29, 1.82) is 0 Å². The van der Waals surface area contributed by atoms with E-state index in [-0.39, 0.29) is 0 Å². The first-order chi connectivity index (χ1) is 21.9. The molecule has 0 spiro atoms. The molecule has 3 nitrogen and oxygen atoms in total. The van der Waals surface area contributed by atoms with E-state index >= 15 is 0 Å². The Morgan fingerprint density at radius 2 is 0.460 bits per heavy atom. The zero-order valence-corrected chi connectivity index (χ0v) is 24.9. The van der Waals surface area contributed by atoms with Crippen molar-refractivity contribution >= 4 is 10.2 Å². The molecule has 0 aromatic rings. The molecule has 0 heterocycles. The molecule has 0 saturated heterocycles. The Hall–Kier alpha value is -1.79. The summed E-state index contributed by atoms with van der Waals surface area (Å²) in [5.74, 6) is -22.5. The first-order valence-electron chi connectivity index (χ1n) is 11.9. The van der Waals surface area contributed by atoms with Crippen molar-refractivity contribution in [2.75, 3.05) is 0 Å². The van der Waals surface area contributed by atoms with E-state index in [0.717, 1.165) is 0 Å². The number of halogens is 27. The number of ether oxygens (including phenoxy) is 3. The minimum atomic E-state index is -7.70. The van der Waals surface area contributed by atoms with Gasteiger partial charge in [-0.05, 0) is 0 Å². The molecule has 0 aliphatic carbocycles. The highest BCUT2D eigenvalue weighted by molar-refractivity contribution is 6.12. The Bertz CT molecular complexity index is 937. The predicted octanol–water partition coefficient (Wildman–Crippen LogP) is 7.54. The highest BCUT2D eigenvalue weighted by Gasteiger charge is 2.76. The van der Waals surface area contributed by atoms with Gasteiger partial charge in [-0.2, -0.15) is 52.7 Å². The van der Waals surface area contributed by atoms with Crippen LogP contribution >= 0.6 is 0 Å². The fourth-order valence-electron chi connectivity index (χ4n) is 2.95. The predicted molar refractivity (Wildman–Crippen MR) is 108 cm³/mol. The van der Waals surface area contributed by atoms with E-state index in [1.807, 2.05) is 0 Å². The van der Waals surface area contributed by atoms with Gasteiger partial charge in [-0.1, -0.05) is 0 Å². The highest BCUT2D eigenvalue weighted by atomic mass is 28.1. The van der Waals surface area contributed by atoms with Crippen molar-refractivity contribution in [3.05, 3.63) is 0 Å². The van der Waals surface area contributed by atoms with Gasteiger partial charge in [0.2, 0.25) is 18.5 Å². The lowest BCUT2D eigenvalue weighted by Gasteiger charge is -2.43. The second kappa shape index (κ2) is 16.1. The molecule has 0 aromatic heterocycles. The van der Waals surface area contributed by atoms with Crippen LogP contribution in [0.2, 0.25) is 0 Å². The van der Waals surface area contributed by atoms with Crippen LogP contribution in [0, 0.1) is 0 Å². The smallest absolute Gasteiger partial charge is 0.263 e. The normalized spacial score (nSPS) is 21.5. The first-order valence-corrected chi connectivity index (χ1v) is 12.9. The van der Waals surface area contributed by atoms with E-state index in [4.69, 9.17) is 0 Å². The number of hydrogen-bond acceptors (Lipinski definition) is 3. The molecule has 0 bridgehead atoms. The standard InChI is InChI=1S/C19H15F27O3Si/c20-1(4(23)10(29)30)7(26)13(35,36)16(41,42)47-19(50,48-17(43,44)14(37,38)8(27)2(21)5(24)11(31)32)49-18(45,46)15(39,40)9(28)3(22)6(25)12(33)34/h1-12H,50H3. The molecule has 0 aliphatic rings. The van der Waals surface area contributed by atoms with Crippen LogP contribution in [0.5, 0.6) is 0 Å². The minimum Gasteiger partial charge on any atom is -0.263 e. The van der Waals surface area contributed by atoms with E-state index < -0.39 is 127 Å². The van der Waals surface area contributed by atoms with Gasteiger partial charge in [-0.3, -0.25) is 14.2 Å². The first kappa shape index (κ1) is 48.2. The molecule has 0 saturated carbocycles. The second-order valence-electron chi connectivity index (χ2n) is 9.46. The molecule has 0 aromatic carbocycles. The molecule has 9 atom stereocenters. The van der Waals surface area contributed by atoms with Crippen molar-refractivity contribution < 1.29 is 133 Å². The summed E-state index contributed by atoms with van der Waals surface area (Å²) in [5.41, 5.74) is -6.46. The van der Waals surface area contributed by atoms with Crippen LogP contribution in [-0.4, -0.2) is 127 Å². The van der Waals surface area contributed by atoms with E-state index in [1.165, 1.54) is 0 Å². The molecule has 0 fully saturated rings. The van der Waals surface area contributed by atoms with E-state index in [9.17, 15) is 119 Å². The molecule has 302 valence electrons. The fraction of sp³-hybridized carbons (Fsp3) is 1.00. The summed E-state index contributed by atoms with van der Waals surface area (Å²) in [6.07, 6.45) is -85.2. The van der Waals surface area contributed by atoms with Gasteiger partial charge in [0.25, 0.3) is 24.9 Å². The van der Waals surface area contributed by atoms with Crippen molar-refractivity contribution in [2.45, 2.75) is 117 Å². The van der Waals surface area contributed by atoms with Gasteiger partial charge in [0.05, 0.1) is 0 Å². The summed E-state index contributed by atoms with van der Waals surface area (Å²) in [5, 5.41) is 0. The summed E-state index contributed by atoms with van der Waals surface area (Å²) < 4.78 is 370. The molecule has 31 heteroatoms. The van der Waals surface area contributed by atoms with Gasteiger partial charge in [-0.15, -0.1) is 0 Å². The monoisotopic (exact) mass is 832 g/mol. The van der Waals surface area contributed by atoms with Crippen LogP contribution in [0.25, 0.3) is 0 Å². The van der Waals surface area contributed by atoms with Crippen molar-refractivity contribution in [2.24, 2.45) is 0 Å². The SMILES string of the molecule is FC(F)C(F)C(F)C(F)C(F)(F)C(F)(F)OC([SiH3])(OC(F)(F)C(F)(F)C(F)C(F)C(F)C(F)F)OC(F)(F)C(F)(F)C(F)C(F)C(F)C(F)F. The highest BCUT2D eigenvalue weighted by Crippen LogP contribution is 2.51. The van der Waals surface area contributed by atoms with E-state index in [0.29, 0.717) is 0 Å². The van der Waals surface area contributed by atoms with Crippen LogP contribution in [0.1, 0.15) is 0 Å². The number of rotatable bonds is 21. The summed E-state index contributed by atoms with van der Waals surface area (Å²) in [7, 11) is -3.12. The lowest BCUT2D eigenvalue weighted by Crippen LogP contribution is -2.66. The minimum absolute atomic E-state index is 2.29. The van der Waals surface area contributed by atoms with Crippen molar-refractivity contribution in [3.63, 3.8) is 0 Å². The van der Waals surface area contributed by atoms with Gasteiger partial charge >= 0.3 is 36.1 Å². The Morgan fingerprint density at radius 1 is 0.300 bits per heavy atom. The fourth-order valence-corrected chi connectivity index (χ4v) is 3.72. The molecule has 0 amide bonds.